The summed E-state index contributed by atoms with van der Waals surface area (Å²) in [6, 6.07) is 3.00. The quantitative estimate of drug-likeness (QED) is 0.920. The molecule has 0 aromatic heterocycles. The van der Waals surface area contributed by atoms with E-state index in [0.717, 1.165) is 25.7 Å². The molecule has 0 spiro atoms. The highest BCUT2D eigenvalue weighted by Gasteiger charge is 2.32. The van der Waals surface area contributed by atoms with E-state index >= 15 is 0 Å². The molecule has 4 nitrogen and oxygen atoms in total. The molecular weight excluding hydrogens is 321 g/mol. The van der Waals surface area contributed by atoms with Gasteiger partial charge < -0.3 is 14.9 Å². The number of benzene rings is 1. The van der Waals surface area contributed by atoms with Crippen molar-refractivity contribution in [3.8, 4) is 0 Å². The lowest BCUT2D eigenvalue weighted by Gasteiger charge is -2.35. The van der Waals surface area contributed by atoms with Crippen molar-refractivity contribution in [1.82, 2.24) is 4.90 Å². The highest BCUT2D eigenvalue weighted by atomic mass is 35.5. The van der Waals surface area contributed by atoms with Crippen LogP contribution in [0.1, 0.15) is 22.8 Å². The lowest BCUT2D eigenvalue weighted by atomic mass is 10.1. The number of rotatable bonds is 3. The van der Waals surface area contributed by atoms with E-state index in [9.17, 15) is 18.0 Å². The van der Waals surface area contributed by atoms with Crippen LogP contribution in [0.5, 0.6) is 0 Å². The molecule has 2 rings (SSSR count). The highest BCUT2D eigenvalue weighted by molar-refractivity contribution is 5.89. The zero-order chi connectivity index (χ0) is 15.6. The minimum absolute atomic E-state index is 0. The Labute approximate surface area is 132 Å². The van der Waals surface area contributed by atoms with Gasteiger partial charge in [0.2, 0.25) is 0 Å². The van der Waals surface area contributed by atoms with Gasteiger partial charge in [0.25, 0.3) is 0 Å². The van der Waals surface area contributed by atoms with Crippen LogP contribution in [0, 0.1) is 0 Å². The van der Waals surface area contributed by atoms with Gasteiger partial charge in [-0.2, -0.15) is 13.2 Å². The summed E-state index contributed by atoms with van der Waals surface area (Å²) in [5.74, 6) is -1.35. The van der Waals surface area contributed by atoms with Crippen molar-refractivity contribution in [2.45, 2.75) is 13.1 Å². The third-order valence-corrected chi connectivity index (χ3v) is 3.68. The van der Waals surface area contributed by atoms with E-state index in [1.54, 1.807) is 4.90 Å². The Morgan fingerprint density at radius 1 is 1.18 bits per heavy atom. The van der Waals surface area contributed by atoms with Gasteiger partial charge >= 0.3 is 12.1 Å². The SMILES string of the molecule is CCN1CCN(c2cc(C(=O)O)cc(C(F)(F)F)c2)CC1.Cl. The molecule has 1 N–H and O–H groups in total. The maximum atomic E-state index is 12.9. The van der Waals surface area contributed by atoms with Crippen molar-refractivity contribution in [3.05, 3.63) is 29.3 Å². The maximum Gasteiger partial charge on any atom is 0.416 e. The summed E-state index contributed by atoms with van der Waals surface area (Å²) < 4.78 is 38.6. The molecule has 1 saturated heterocycles. The molecule has 0 radical (unpaired) electrons. The largest absolute Gasteiger partial charge is 0.478 e. The first-order valence-electron chi connectivity index (χ1n) is 6.74. The molecule has 0 bridgehead atoms. The summed E-state index contributed by atoms with van der Waals surface area (Å²) >= 11 is 0. The summed E-state index contributed by atoms with van der Waals surface area (Å²) in [5, 5.41) is 8.98. The smallest absolute Gasteiger partial charge is 0.416 e. The average molecular weight is 339 g/mol. The molecule has 124 valence electrons. The number of hydrogen-bond donors (Lipinski definition) is 1. The van der Waals surface area contributed by atoms with Crippen molar-refractivity contribution in [3.63, 3.8) is 0 Å². The van der Waals surface area contributed by atoms with Gasteiger partial charge in [0, 0.05) is 31.9 Å². The number of likely N-dealkylation sites (N-methyl/N-ethyl adjacent to an activating group) is 1. The molecule has 1 aliphatic heterocycles. The first-order chi connectivity index (χ1) is 9.81. The average Bonchev–Trinajstić information content (AvgIpc) is 2.46. The normalized spacial score (nSPS) is 16.3. The van der Waals surface area contributed by atoms with Crippen LogP contribution < -0.4 is 4.90 Å². The predicted octanol–water partition coefficient (Wildman–Crippen LogP) is 2.97. The number of nitrogens with zero attached hydrogens (tertiary/aromatic N) is 2. The molecule has 0 saturated carbocycles. The van der Waals surface area contributed by atoms with E-state index in [2.05, 4.69) is 4.90 Å². The minimum atomic E-state index is -4.55. The van der Waals surface area contributed by atoms with Gasteiger partial charge in [0.05, 0.1) is 11.1 Å². The Morgan fingerprint density at radius 2 is 1.77 bits per heavy atom. The molecule has 0 atom stereocenters. The van der Waals surface area contributed by atoms with Crippen molar-refractivity contribution in [2.75, 3.05) is 37.6 Å². The first-order valence-corrected chi connectivity index (χ1v) is 6.74. The zero-order valence-corrected chi connectivity index (χ0v) is 12.9. The van der Waals surface area contributed by atoms with Crippen LogP contribution in [0.2, 0.25) is 0 Å². The fourth-order valence-corrected chi connectivity index (χ4v) is 2.40. The second-order valence-corrected chi connectivity index (χ2v) is 4.99. The predicted molar refractivity (Wildman–Crippen MR) is 80.0 cm³/mol. The molecule has 22 heavy (non-hydrogen) atoms. The van der Waals surface area contributed by atoms with Crippen LogP contribution >= 0.6 is 12.4 Å². The van der Waals surface area contributed by atoms with Gasteiger partial charge in [-0.3, -0.25) is 0 Å². The monoisotopic (exact) mass is 338 g/mol. The molecule has 1 aliphatic rings. The van der Waals surface area contributed by atoms with E-state index in [1.165, 1.54) is 6.07 Å². The van der Waals surface area contributed by atoms with Gasteiger partial charge in [0.15, 0.2) is 0 Å². The van der Waals surface area contributed by atoms with Crippen LogP contribution in [0.25, 0.3) is 0 Å². The lowest BCUT2D eigenvalue weighted by Crippen LogP contribution is -2.46. The second kappa shape index (κ2) is 7.19. The van der Waals surface area contributed by atoms with Gasteiger partial charge in [-0.1, -0.05) is 6.92 Å². The first kappa shape index (κ1) is 18.6. The van der Waals surface area contributed by atoms with Gasteiger partial charge in [-0.05, 0) is 24.7 Å². The van der Waals surface area contributed by atoms with E-state index in [-0.39, 0.29) is 18.0 Å². The van der Waals surface area contributed by atoms with Crippen LogP contribution in [0.15, 0.2) is 18.2 Å². The Balaban J connectivity index is 0.00000242. The van der Waals surface area contributed by atoms with Crippen molar-refractivity contribution in [2.24, 2.45) is 0 Å². The molecule has 0 aliphatic carbocycles. The fourth-order valence-electron chi connectivity index (χ4n) is 2.40. The maximum absolute atomic E-state index is 12.9. The number of halogens is 4. The van der Waals surface area contributed by atoms with Gasteiger partial charge in [-0.15, -0.1) is 12.4 Å². The number of carbonyl (C=O) groups is 1. The summed E-state index contributed by atoms with van der Waals surface area (Å²) in [5.41, 5.74) is -0.939. The molecule has 1 aromatic carbocycles. The molecule has 0 unspecified atom stereocenters. The number of piperazine rings is 1. The third kappa shape index (κ3) is 4.27. The van der Waals surface area contributed by atoms with Crippen LogP contribution in [-0.4, -0.2) is 48.7 Å². The van der Waals surface area contributed by atoms with Gasteiger partial charge in [0.1, 0.15) is 0 Å². The molecule has 1 fully saturated rings. The Hall–Kier alpha value is -1.47. The van der Waals surface area contributed by atoms with Crippen LogP contribution in [0.4, 0.5) is 18.9 Å². The number of alkyl halides is 3. The number of anilines is 1. The topological polar surface area (TPSA) is 43.8 Å². The molecule has 8 heteroatoms. The third-order valence-electron chi connectivity index (χ3n) is 3.68. The van der Waals surface area contributed by atoms with Crippen molar-refractivity contribution >= 4 is 24.1 Å². The minimum Gasteiger partial charge on any atom is -0.478 e. The van der Waals surface area contributed by atoms with E-state index in [1.807, 2.05) is 6.92 Å². The lowest BCUT2D eigenvalue weighted by molar-refractivity contribution is -0.137. The van der Waals surface area contributed by atoms with Crippen LogP contribution in [0.3, 0.4) is 0 Å². The second-order valence-electron chi connectivity index (χ2n) is 4.99. The van der Waals surface area contributed by atoms with Crippen LogP contribution in [-0.2, 0) is 6.18 Å². The fraction of sp³-hybridized carbons (Fsp3) is 0.500. The summed E-state index contributed by atoms with van der Waals surface area (Å²) in [7, 11) is 0. The Bertz CT molecular complexity index is 529. The number of carboxylic acid groups (broad SMARTS) is 1. The summed E-state index contributed by atoms with van der Waals surface area (Å²) in [4.78, 5) is 15.0. The number of aromatic carboxylic acids is 1. The van der Waals surface area contributed by atoms with Crippen molar-refractivity contribution < 1.29 is 23.1 Å². The summed E-state index contributed by atoms with van der Waals surface area (Å²) in [6.45, 7) is 5.63. The van der Waals surface area contributed by atoms with E-state index in [0.29, 0.717) is 24.8 Å². The van der Waals surface area contributed by atoms with Crippen molar-refractivity contribution in [1.29, 1.82) is 0 Å². The zero-order valence-electron chi connectivity index (χ0n) is 12.1. The van der Waals surface area contributed by atoms with E-state index < -0.39 is 17.7 Å². The standard InChI is InChI=1S/C14H17F3N2O2.ClH/c1-2-18-3-5-19(6-4-18)12-8-10(13(20)21)7-11(9-12)14(15,16)17;/h7-9H,2-6H2,1H3,(H,20,21);1H. The summed E-state index contributed by atoms with van der Waals surface area (Å²) in [6.07, 6.45) is -4.55. The van der Waals surface area contributed by atoms with Gasteiger partial charge in [-0.25, -0.2) is 4.79 Å². The van der Waals surface area contributed by atoms with E-state index in [4.69, 9.17) is 5.11 Å². The molecule has 1 aromatic rings. The highest BCUT2D eigenvalue weighted by Crippen LogP contribution is 2.33. The molecular formula is C14H18ClF3N2O2. The Morgan fingerprint density at radius 3 is 2.23 bits per heavy atom. The number of carboxylic acids is 1. The Kier molecular flexibility index (Phi) is 6.08. The molecule has 0 amide bonds. The molecule has 1 heterocycles. The number of hydrogen-bond acceptors (Lipinski definition) is 3.